The van der Waals surface area contributed by atoms with Crippen molar-refractivity contribution < 1.29 is 9.53 Å². The van der Waals surface area contributed by atoms with E-state index in [0.29, 0.717) is 10.3 Å². The average molecular weight is 438 g/mol. The summed E-state index contributed by atoms with van der Waals surface area (Å²) >= 11 is 3.94. The minimum absolute atomic E-state index is 0.0809. The van der Waals surface area contributed by atoms with E-state index in [1.807, 2.05) is 70.7 Å². The third-order valence-electron chi connectivity index (χ3n) is 4.69. The number of aryl methyl sites for hydroxylation is 1. The summed E-state index contributed by atoms with van der Waals surface area (Å²) in [6, 6.07) is 20.0. The van der Waals surface area contributed by atoms with Crippen LogP contribution in [0.2, 0.25) is 0 Å². The van der Waals surface area contributed by atoms with Gasteiger partial charge in [0.25, 0.3) is 5.91 Å². The number of hydrazone groups is 1. The maximum absolute atomic E-state index is 12.1. The van der Waals surface area contributed by atoms with Crippen molar-refractivity contribution >= 4 is 35.6 Å². The fourth-order valence-corrected chi connectivity index (χ4v) is 6.04. The van der Waals surface area contributed by atoms with Gasteiger partial charge in [-0.25, -0.2) is 5.43 Å². The Morgan fingerprint density at radius 2 is 1.90 bits per heavy atom. The molecule has 0 spiro atoms. The Morgan fingerprint density at radius 3 is 2.67 bits per heavy atom. The number of rotatable bonds is 7. The summed E-state index contributed by atoms with van der Waals surface area (Å²) in [5.74, 6) is 2.78. The van der Waals surface area contributed by atoms with E-state index in [1.54, 1.807) is 6.21 Å². The lowest BCUT2D eigenvalue weighted by Crippen LogP contribution is -2.24. The van der Waals surface area contributed by atoms with Gasteiger partial charge >= 0.3 is 0 Å². The van der Waals surface area contributed by atoms with Gasteiger partial charge in [0.2, 0.25) is 0 Å². The van der Waals surface area contributed by atoms with Gasteiger partial charge in [0.05, 0.1) is 16.5 Å². The van der Waals surface area contributed by atoms with Crippen molar-refractivity contribution in [3.05, 3.63) is 83.7 Å². The van der Waals surface area contributed by atoms with E-state index in [-0.39, 0.29) is 12.5 Å². The van der Waals surface area contributed by atoms with E-state index in [0.717, 1.165) is 16.9 Å². The topological polar surface area (TPSA) is 55.6 Å². The number of thioether (sulfide) groups is 2. The van der Waals surface area contributed by atoms with E-state index < -0.39 is 0 Å². The molecule has 0 radical (unpaired) electrons. The number of nitrogens with one attached hydrogen (secondary N) is 1. The van der Waals surface area contributed by atoms with Gasteiger partial charge in [0.1, 0.15) is 5.75 Å². The molecule has 1 saturated heterocycles. The second-order valence-electron chi connectivity index (χ2n) is 6.81. The van der Waals surface area contributed by atoms with Crippen molar-refractivity contribution in [3.63, 3.8) is 0 Å². The minimum Gasteiger partial charge on any atom is -0.484 e. The molecule has 0 unspecified atom stereocenters. The summed E-state index contributed by atoms with van der Waals surface area (Å²) in [5.41, 5.74) is 6.94. The Kier molecular flexibility index (Phi) is 6.81. The number of ether oxygens (including phenoxy) is 1. The largest absolute Gasteiger partial charge is 0.484 e. The Hall–Kier alpha value is -2.64. The Morgan fingerprint density at radius 1 is 1.13 bits per heavy atom. The summed E-state index contributed by atoms with van der Waals surface area (Å²) in [6.45, 7) is 1.98. The molecule has 1 aromatic heterocycles. The monoisotopic (exact) mass is 437 g/mol. The molecule has 154 valence electrons. The van der Waals surface area contributed by atoms with Gasteiger partial charge in [0, 0.05) is 23.4 Å². The van der Waals surface area contributed by atoms with Gasteiger partial charge in [-0.3, -0.25) is 4.79 Å². The first kappa shape index (κ1) is 20.6. The fraction of sp³-hybridized carbons (Fsp3) is 0.217. The second-order valence-corrected chi connectivity index (χ2v) is 9.54. The van der Waals surface area contributed by atoms with Gasteiger partial charge in [0.15, 0.2) is 6.61 Å². The summed E-state index contributed by atoms with van der Waals surface area (Å²) in [5, 5.41) is 4.08. The molecule has 1 fully saturated rings. The van der Waals surface area contributed by atoms with Crippen LogP contribution in [0.5, 0.6) is 5.75 Å². The van der Waals surface area contributed by atoms with Crippen molar-refractivity contribution in [2.24, 2.45) is 5.10 Å². The molecule has 1 amide bonds. The first-order valence-corrected chi connectivity index (χ1v) is 11.8. The van der Waals surface area contributed by atoms with Crippen LogP contribution in [0.15, 0.2) is 72.0 Å². The van der Waals surface area contributed by atoms with Crippen molar-refractivity contribution in [3.8, 4) is 11.4 Å². The number of hydrogen-bond donors (Lipinski definition) is 1. The molecular weight excluding hydrogens is 414 g/mol. The first-order valence-electron chi connectivity index (χ1n) is 9.72. The zero-order valence-corrected chi connectivity index (χ0v) is 18.3. The standard InChI is InChI=1S/C23H23N3O2S2/c1-17-5-2-3-7-21(17)26-12-4-6-19(26)15-24-25-22(27)16-28-20-10-8-18(9-11-20)23-29-13-14-30-23/h2-12,15,23H,13-14,16H2,1H3,(H,25,27)/b24-15-. The molecular formula is C23H23N3O2S2. The highest BCUT2D eigenvalue weighted by molar-refractivity contribution is 8.19. The molecule has 7 heteroatoms. The zero-order valence-electron chi connectivity index (χ0n) is 16.7. The number of carbonyl (C=O) groups is 1. The number of aromatic nitrogens is 1. The second kappa shape index (κ2) is 9.91. The molecule has 0 bridgehead atoms. The van der Waals surface area contributed by atoms with E-state index in [9.17, 15) is 4.79 Å². The molecule has 0 atom stereocenters. The summed E-state index contributed by atoms with van der Waals surface area (Å²) in [7, 11) is 0. The molecule has 1 aliphatic heterocycles. The molecule has 0 aliphatic carbocycles. The van der Waals surface area contributed by atoms with Crippen molar-refractivity contribution in [2.45, 2.75) is 11.5 Å². The quantitative estimate of drug-likeness (QED) is 0.426. The fourth-order valence-electron chi connectivity index (χ4n) is 3.18. The molecule has 0 saturated carbocycles. The molecule has 2 heterocycles. The van der Waals surface area contributed by atoms with Gasteiger partial charge in [-0.05, 0) is 48.4 Å². The van der Waals surface area contributed by atoms with Gasteiger partial charge < -0.3 is 9.30 Å². The smallest absolute Gasteiger partial charge is 0.277 e. The van der Waals surface area contributed by atoms with Crippen LogP contribution in [0.1, 0.15) is 21.4 Å². The van der Waals surface area contributed by atoms with Crippen LogP contribution in [0, 0.1) is 6.92 Å². The van der Waals surface area contributed by atoms with Crippen LogP contribution in [0.4, 0.5) is 0 Å². The van der Waals surface area contributed by atoms with Crippen molar-refractivity contribution in [2.75, 3.05) is 18.1 Å². The number of hydrogen-bond acceptors (Lipinski definition) is 5. The van der Waals surface area contributed by atoms with E-state index in [2.05, 4.69) is 41.7 Å². The number of nitrogens with zero attached hydrogens (tertiary/aromatic N) is 2. The maximum atomic E-state index is 12.1. The normalized spacial score (nSPS) is 14.3. The molecule has 1 N–H and O–H groups in total. The minimum atomic E-state index is -0.300. The maximum Gasteiger partial charge on any atom is 0.277 e. The van der Waals surface area contributed by atoms with Gasteiger partial charge in [-0.2, -0.15) is 5.10 Å². The molecule has 1 aliphatic rings. The summed E-state index contributed by atoms with van der Waals surface area (Å²) in [4.78, 5) is 12.1. The molecule has 30 heavy (non-hydrogen) atoms. The lowest BCUT2D eigenvalue weighted by atomic mass is 10.2. The van der Waals surface area contributed by atoms with E-state index in [1.165, 1.54) is 17.1 Å². The van der Waals surface area contributed by atoms with E-state index in [4.69, 9.17) is 4.74 Å². The van der Waals surface area contributed by atoms with Crippen LogP contribution in [-0.2, 0) is 4.79 Å². The number of benzene rings is 2. The molecule has 3 aromatic rings. The highest BCUT2D eigenvalue weighted by Gasteiger charge is 2.18. The lowest BCUT2D eigenvalue weighted by Gasteiger charge is -2.10. The lowest BCUT2D eigenvalue weighted by molar-refractivity contribution is -0.123. The molecule has 5 nitrogen and oxygen atoms in total. The number of amides is 1. The third kappa shape index (κ3) is 5.09. The Bertz CT molecular complexity index is 1020. The zero-order chi connectivity index (χ0) is 20.8. The highest BCUT2D eigenvalue weighted by Crippen LogP contribution is 2.45. The van der Waals surface area contributed by atoms with E-state index >= 15 is 0 Å². The average Bonchev–Trinajstić information content (AvgIpc) is 3.45. The summed E-state index contributed by atoms with van der Waals surface area (Å²) < 4.78 is 8.12. The molecule has 2 aromatic carbocycles. The Balaban J connectivity index is 1.29. The predicted molar refractivity (Wildman–Crippen MR) is 126 cm³/mol. The SMILES string of the molecule is Cc1ccccc1-n1cccc1/C=N\NC(=O)COc1ccc(C2SCCS2)cc1. The van der Waals surface area contributed by atoms with Crippen LogP contribution in [0.3, 0.4) is 0 Å². The predicted octanol–water partition coefficient (Wildman–Crippen LogP) is 4.79. The van der Waals surface area contributed by atoms with Gasteiger partial charge in [-0.15, -0.1) is 23.5 Å². The van der Waals surface area contributed by atoms with Crippen LogP contribution in [0.25, 0.3) is 5.69 Å². The molecule has 4 rings (SSSR count). The first-order chi connectivity index (χ1) is 14.7. The number of carbonyl (C=O) groups excluding carboxylic acids is 1. The van der Waals surface area contributed by atoms with Crippen molar-refractivity contribution in [1.29, 1.82) is 0 Å². The highest BCUT2D eigenvalue weighted by atomic mass is 32.2. The van der Waals surface area contributed by atoms with Crippen LogP contribution >= 0.6 is 23.5 Å². The van der Waals surface area contributed by atoms with Gasteiger partial charge in [-0.1, -0.05) is 30.3 Å². The van der Waals surface area contributed by atoms with Crippen LogP contribution in [-0.4, -0.2) is 34.8 Å². The summed E-state index contributed by atoms with van der Waals surface area (Å²) in [6.07, 6.45) is 3.61. The third-order valence-corrected chi connectivity index (χ3v) is 7.79. The Labute approximate surface area is 184 Å². The number of para-hydroxylation sites is 1. The van der Waals surface area contributed by atoms with Crippen molar-refractivity contribution in [1.82, 2.24) is 9.99 Å². The van der Waals surface area contributed by atoms with Crippen LogP contribution < -0.4 is 10.2 Å².